The van der Waals surface area contributed by atoms with Gasteiger partial charge in [-0.15, -0.1) is 0 Å². The third kappa shape index (κ3) is 3.93. The molecule has 0 aliphatic carbocycles. The van der Waals surface area contributed by atoms with Crippen molar-refractivity contribution >= 4 is 28.3 Å². The smallest absolute Gasteiger partial charge is 0.231 e. The van der Waals surface area contributed by atoms with Gasteiger partial charge in [0.2, 0.25) is 12.7 Å². The normalized spacial score (nSPS) is 12.8. The lowest BCUT2D eigenvalue weighted by atomic mass is 10.1. The molecule has 0 saturated carbocycles. The Morgan fingerprint density at radius 2 is 1.78 bits per heavy atom. The van der Waals surface area contributed by atoms with E-state index in [9.17, 15) is 4.79 Å². The highest BCUT2D eigenvalue weighted by molar-refractivity contribution is 5.93. The minimum atomic E-state index is -0.149. The number of nitrogens with one attached hydrogen (secondary N) is 1. The number of ether oxygens (including phenoxy) is 2. The van der Waals surface area contributed by atoms with Crippen molar-refractivity contribution in [2.75, 3.05) is 18.7 Å². The van der Waals surface area contributed by atoms with Gasteiger partial charge in [-0.1, -0.05) is 24.3 Å². The molecule has 0 fully saturated rings. The number of amides is 1. The Morgan fingerprint density at radius 1 is 0.969 bits per heavy atom. The summed E-state index contributed by atoms with van der Waals surface area (Å²) in [6.07, 6.45) is 0.246. The second kappa shape index (κ2) is 8.56. The van der Waals surface area contributed by atoms with Gasteiger partial charge in [0, 0.05) is 30.0 Å². The number of nitrogens with two attached hydrogens (primary N) is 1. The molecule has 3 N–H and O–H groups in total. The lowest BCUT2D eigenvalue weighted by Gasteiger charge is -2.09. The molecule has 160 valence electrons. The van der Waals surface area contributed by atoms with E-state index in [0.29, 0.717) is 34.2 Å². The zero-order chi connectivity index (χ0) is 21.9. The third-order valence-electron chi connectivity index (χ3n) is 5.10. The Balaban J connectivity index is 1.65. The Kier molecular flexibility index (Phi) is 5.31. The summed E-state index contributed by atoms with van der Waals surface area (Å²) >= 11 is 0. The van der Waals surface area contributed by atoms with Gasteiger partial charge in [0.25, 0.3) is 0 Å². The third-order valence-corrected chi connectivity index (χ3v) is 5.10. The number of carbonyl (C=O) groups excluding carboxylic acids is 1. The van der Waals surface area contributed by atoms with Gasteiger partial charge in [-0.05, 0) is 42.5 Å². The molecule has 0 atom stereocenters. The Bertz CT molecular complexity index is 1380. The summed E-state index contributed by atoms with van der Waals surface area (Å²) in [7, 11) is 0. The first kappa shape index (κ1) is 19.8. The van der Waals surface area contributed by atoms with Crippen LogP contribution in [0, 0.1) is 0 Å². The first-order valence-electron chi connectivity index (χ1n) is 10.3. The molecule has 0 unspecified atom stereocenters. The predicted octanol–water partition coefficient (Wildman–Crippen LogP) is 4.35. The van der Waals surface area contributed by atoms with Crippen molar-refractivity contribution in [1.82, 2.24) is 0 Å². The lowest BCUT2D eigenvalue weighted by Crippen LogP contribution is -2.16. The van der Waals surface area contributed by atoms with Crippen molar-refractivity contribution in [2.45, 2.75) is 6.42 Å². The molecule has 4 aromatic rings. The van der Waals surface area contributed by atoms with Gasteiger partial charge in [-0.3, -0.25) is 4.79 Å². The standard InChI is InChI=1S/C25H21N3O4/c26-12-11-25(29)28-19-7-3-2-6-18(19)27-20-14-23(32-21-8-4-1-5-17(20)21)16-9-10-22-24(13-16)31-15-30-22/h1-10,13-14H,11-12,15,26H2,(H,28,29). The number of fused-ring (bicyclic) bond motifs is 2. The second-order valence-electron chi connectivity index (χ2n) is 7.28. The molecule has 7 heteroatoms. The van der Waals surface area contributed by atoms with E-state index in [0.717, 1.165) is 16.3 Å². The molecule has 0 saturated heterocycles. The van der Waals surface area contributed by atoms with Crippen LogP contribution in [0.4, 0.5) is 11.4 Å². The van der Waals surface area contributed by atoms with E-state index in [1.165, 1.54) is 0 Å². The zero-order valence-corrected chi connectivity index (χ0v) is 17.2. The van der Waals surface area contributed by atoms with Gasteiger partial charge >= 0.3 is 0 Å². The van der Waals surface area contributed by atoms with Crippen molar-refractivity contribution in [3.63, 3.8) is 0 Å². The first-order valence-corrected chi connectivity index (χ1v) is 10.3. The van der Waals surface area contributed by atoms with Crippen molar-refractivity contribution in [3.05, 3.63) is 78.2 Å². The maximum atomic E-state index is 12.1. The van der Waals surface area contributed by atoms with E-state index in [1.807, 2.05) is 72.8 Å². The van der Waals surface area contributed by atoms with Gasteiger partial charge in [-0.2, -0.15) is 0 Å². The molecule has 0 radical (unpaired) electrons. The molecule has 1 aromatic heterocycles. The molecular weight excluding hydrogens is 406 g/mol. The van der Waals surface area contributed by atoms with Crippen LogP contribution in [0.25, 0.3) is 22.3 Å². The van der Waals surface area contributed by atoms with E-state index < -0.39 is 0 Å². The fraction of sp³-hybridized carbons (Fsp3) is 0.120. The van der Waals surface area contributed by atoms with E-state index >= 15 is 0 Å². The van der Waals surface area contributed by atoms with Crippen LogP contribution in [0.3, 0.4) is 0 Å². The van der Waals surface area contributed by atoms with E-state index in [4.69, 9.17) is 24.6 Å². The minimum absolute atomic E-state index is 0.149. The monoisotopic (exact) mass is 427 g/mol. The highest BCUT2D eigenvalue weighted by Gasteiger charge is 2.15. The molecule has 1 aliphatic heterocycles. The SMILES string of the molecule is NCCC(=O)Nc1ccccc1N=c1cc(-c2ccc3c(c2)OCO3)oc2ccccc12. The lowest BCUT2D eigenvalue weighted by molar-refractivity contribution is -0.116. The van der Waals surface area contributed by atoms with Crippen LogP contribution in [0.5, 0.6) is 11.5 Å². The molecule has 1 amide bonds. The minimum Gasteiger partial charge on any atom is -0.456 e. The van der Waals surface area contributed by atoms with Crippen molar-refractivity contribution < 1.29 is 18.7 Å². The number of carbonyl (C=O) groups is 1. The fourth-order valence-corrected chi connectivity index (χ4v) is 3.55. The molecule has 3 aromatic carbocycles. The summed E-state index contributed by atoms with van der Waals surface area (Å²) in [5.74, 6) is 1.88. The molecule has 7 nitrogen and oxygen atoms in total. The fourth-order valence-electron chi connectivity index (χ4n) is 3.55. The number of rotatable bonds is 5. The maximum Gasteiger partial charge on any atom is 0.231 e. The average molecular weight is 427 g/mol. The molecular formula is C25H21N3O4. The number of hydrogen-bond donors (Lipinski definition) is 2. The Morgan fingerprint density at radius 3 is 2.69 bits per heavy atom. The van der Waals surface area contributed by atoms with Gasteiger partial charge in [0.15, 0.2) is 11.5 Å². The number of anilines is 1. The maximum absolute atomic E-state index is 12.1. The molecule has 32 heavy (non-hydrogen) atoms. The molecule has 1 aliphatic rings. The first-order chi connectivity index (χ1) is 15.7. The summed E-state index contributed by atoms with van der Waals surface area (Å²) in [6, 6.07) is 22.7. The van der Waals surface area contributed by atoms with Gasteiger partial charge in [0.05, 0.1) is 16.7 Å². The quantitative estimate of drug-likeness (QED) is 0.493. The summed E-state index contributed by atoms with van der Waals surface area (Å²) in [6.45, 7) is 0.496. The van der Waals surface area contributed by atoms with Crippen LogP contribution < -0.4 is 25.9 Å². The highest BCUT2D eigenvalue weighted by atomic mass is 16.7. The van der Waals surface area contributed by atoms with E-state index in [2.05, 4.69) is 5.32 Å². The van der Waals surface area contributed by atoms with Crippen molar-refractivity contribution in [3.8, 4) is 22.8 Å². The van der Waals surface area contributed by atoms with Crippen LogP contribution in [0.1, 0.15) is 6.42 Å². The van der Waals surface area contributed by atoms with Crippen LogP contribution in [-0.2, 0) is 4.79 Å². The van der Waals surface area contributed by atoms with Crippen LogP contribution in [-0.4, -0.2) is 19.2 Å². The van der Waals surface area contributed by atoms with Gasteiger partial charge < -0.3 is 24.9 Å². The second-order valence-corrected chi connectivity index (χ2v) is 7.28. The van der Waals surface area contributed by atoms with Crippen LogP contribution >= 0.6 is 0 Å². The number of para-hydroxylation sites is 3. The topological polar surface area (TPSA) is 99.1 Å². The van der Waals surface area contributed by atoms with Crippen LogP contribution in [0.15, 0.2) is 82.2 Å². The Hall–Kier alpha value is -4.10. The average Bonchev–Trinajstić information content (AvgIpc) is 3.28. The number of hydrogen-bond acceptors (Lipinski definition) is 6. The predicted molar refractivity (Wildman–Crippen MR) is 122 cm³/mol. The van der Waals surface area contributed by atoms with Crippen molar-refractivity contribution in [1.29, 1.82) is 0 Å². The van der Waals surface area contributed by atoms with Crippen LogP contribution in [0.2, 0.25) is 0 Å². The molecule has 5 rings (SSSR count). The van der Waals surface area contributed by atoms with E-state index in [1.54, 1.807) is 0 Å². The summed E-state index contributed by atoms with van der Waals surface area (Å²) in [5, 5.41) is 4.47. The largest absolute Gasteiger partial charge is 0.456 e. The zero-order valence-electron chi connectivity index (χ0n) is 17.2. The highest BCUT2D eigenvalue weighted by Crippen LogP contribution is 2.36. The van der Waals surface area contributed by atoms with E-state index in [-0.39, 0.29) is 25.7 Å². The molecule has 0 bridgehead atoms. The molecule has 0 spiro atoms. The molecule has 2 heterocycles. The van der Waals surface area contributed by atoms with Crippen molar-refractivity contribution in [2.24, 2.45) is 10.7 Å². The summed E-state index contributed by atoms with van der Waals surface area (Å²) in [4.78, 5) is 17.0. The summed E-state index contributed by atoms with van der Waals surface area (Å²) in [5.41, 5.74) is 8.32. The van der Waals surface area contributed by atoms with Gasteiger partial charge in [-0.25, -0.2) is 4.99 Å². The summed E-state index contributed by atoms with van der Waals surface area (Å²) < 4.78 is 17.1. The van der Waals surface area contributed by atoms with Gasteiger partial charge in [0.1, 0.15) is 11.3 Å². The number of nitrogens with zero attached hydrogens (tertiary/aromatic N) is 1. The number of benzene rings is 3. The Labute approximate surface area is 184 Å².